The first-order valence-electron chi connectivity index (χ1n) is 14.5. The molecule has 0 saturated heterocycles. The van der Waals surface area contributed by atoms with Crippen LogP contribution in [0.15, 0.2) is 36.8 Å². The summed E-state index contributed by atoms with van der Waals surface area (Å²) in [5.41, 5.74) is 0.219. The number of amides is 2. The number of imidazole rings is 1. The van der Waals surface area contributed by atoms with E-state index < -0.39 is 80.2 Å². The molecular weight excluding hydrogens is 616 g/mol. The van der Waals surface area contributed by atoms with Crippen molar-refractivity contribution in [2.75, 3.05) is 0 Å². The monoisotopic (exact) mass is 646 g/mol. The van der Waals surface area contributed by atoms with Gasteiger partial charge in [-0.25, -0.2) is 18.7 Å². The minimum atomic E-state index is -4.54. The molecular formula is C29H30F8N6O2. The second kappa shape index (κ2) is 12.5. The third-order valence-electron chi connectivity index (χ3n) is 8.03. The topological polar surface area (TPSA) is 101 Å². The van der Waals surface area contributed by atoms with Crippen LogP contribution in [-0.2, 0) is 11.2 Å². The van der Waals surface area contributed by atoms with Crippen LogP contribution in [0.4, 0.5) is 35.1 Å². The number of carbonyl (C=O) groups is 2. The fraction of sp³-hybridized carbons (Fsp3) is 0.552. The Morgan fingerprint density at radius 1 is 0.911 bits per heavy atom. The Hall–Kier alpha value is -3.85. The second-order valence-electron chi connectivity index (χ2n) is 11.7. The van der Waals surface area contributed by atoms with Gasteiger partial charge in [0.25, 0.3) is 5.91 Å². The summed E-state index contributed by atoms with van der Waals surface area (Å²) < 4.78 is 106. The van der Waals surface area contributed by atoms with Crippen LogP contribution in [0, 0.1) is 11.8 Å². The zero-order chi connectivity index (χ0) is 32.6. The Kier molecular flexibility index (Phi) is 9.04. The number of alkyl halides is 8. The van der Waals surface area contributed by atoms with E-state index in [0.29, 0.717) is 5.69 Å². The van der Waals surface area contributed by atoms with E-state index in [4.69, 9.17) is 0 Å². The zero-order valence-electron chi connectivity index (χ0n) is 23.8. The molecule has 2 atom stereocenters. The third-order valence-corrected chi connectivity index (χ3v) is 8.03. The lowest BCUT2D eigenvalue weighted by Gasteiger charge is -2.33. The van der Waals surface area contributed by atoms with E-state index in [1.807, 2.05) is 0 Å². The molecule has 8 nitrogen and oxygen atoms in total. The van der Waals surface area contributed by atoms with Crippen LogP contribution in [0.5, 0.6) is 0 Å². The first-order valence-corrected chi connectivity index (χ1v) is 14.5. The summed E-state index contributed by atoms with van der Waals surface area (Å²) in [5, 5.41) is 5.41. The molecule has 5 rings (SSSR count). The van der Waals surface area contributed by atoms with Gasteiger partial charge in [-0.3, -0.25) is 19.0 Å². The smallest absolute Gasteiger partial charge is 0.347 e. The molecule has 244 valence electrons. The highest BCUT2D eigenvalue weighted by Crippen LogP contribution is 2.42. The van der Waals surface area contributed by atoms with Gasteiger partial charge >= 0.3 is 12.4 Å². The van der Waals surface area contributed by atoms with E-state index in [1.54, 1.807) is 18.5 Å². The number of carbonyl (C=O) groups excluding carboxylic acids is 2. The van der Waals surface area contributed by atoms with Gasteiger partial charge in [-0.2, -0.15) is 26.3 Å². The summed E-state index contributed by atoms with van der Waals surface area (Å²) in [6.07, 6.45) is -7.33. The molecule has 3 aromatic rings. The highest BCUT2D eigenvalue weighted by molar-refractivity contribution is 5.94. The van der Waals surface area contributed by atoms with Crippen LogP contribution in [-0.4, -0.2) is 49.4 Å². The maximum Gasteiger partial charge on any atom is 0.394 e. The van der Waals surface area contributed by atoms with E-state index in [2.05, 4.69) is 25.6 Å². The summed E-state index contributed by atoms with van der Waals surface area (Å²) in [5.74, 6) is -4.69. The Bertz CT molecular complexity index is 1520. The van der Waals surface area contributed by atoms with E-state index >= 15 is 0 Å². The van der Waals surface area contributed by atoms with Crippen LogP contribution < -0.4 is 10.6 Å². The molecule has 0 radical (unpaired) electrons. The number of hydrogen-bond donors (Lipinski definition) is 2. The summed E-state index contributed by atoms with van der Waals surface area (Å²) in [4.78, 5) is 38.3. The number of nitrogens with zero attached hydrogens (tertiary/aromatic N) is 4. The van der Waals surface area contributed by atoms with Crippen molar-refractivity contribution in [3.63, 3.8) is 0 Å². The van der Waals surface area contributed by atoms with Crippen LogP contribution in [0.25, 0.3) is 5.78 Å². The molecule has 2 N–H and O–H groups in total. The van der Waals surface area contributed by atoms with Gasteiger partial charge in [-0.15, -0.1) is 0 Å². The number of hydrogen-bond acceptors (Lipinski definition) is 5. The Morgan fingerprint density at radius 3 is 2.20 bits per heavy atom. The minimum Gasteiger partial charge on any atom is -0.347 e. The van der Waals surface area contributed by atoms with E-state index in [1.165, 1.54) is 10.5 Å². The number of rotatable bonds is 10. The van der Waals surface area contributed by atoms with E-state index in [-0.39, 0.29) is 41.5 Å². The maximum atomic E-state index is 14.0. The van der Waals surface area contributed by atoms with Crippen LogP contribution in [0.3, 0.4) is 0 Å². The van der Waals surface area contributed by atoms with Crippen molar-refractivity contribution >= 4 is 17.6 Å². The van der Waals surface area contributed by atoms with Crippen molar-refractivity contribution in [3.8, 4) is 0 Å². The second-order valence-corrected chi connectivity index (χ2v) is 11.7. The predicted octanol–water partition coefficient (Wildman–Crippen LogP) is 6.44. The first kappa shape index (κ1) is 32.5. The summed E-state index contributed by atoms with van der Waals surface area (Å²) in [7, 11) is 0. The van der Waals surface area contributed by atoms with Crippen LogP contribution >= 0.6 is 0 Å². The average molecular weight is 647 g/mol. The molecule has 2 aliphatic carbocycles. The minimum absolute atomic E-state index is 0.0113. The maximum absolute atomic E-state index is 14.0. The quantitative estimate of drug-likeness (QED) is 0.247. The normalized spacial score (nSPS) is 18.8. The summed E-state index contributed by atoms with van der Waals surface area (Å²) >= 11 is 0. The van der Waals surface area contributed by atoms with Gasteiger partial charge < -0.3 is 10.6 Å². The molecule has 0 aromatic carbocycles. The van der Waals surface area contributed by atoms with Gasteiger partial charge in [0.15, 0.2) is 0 Å². The third kappa shape index (κ3) is 8.87. The number of nitrogens with one attached hydrogen (secondary N) is 2. The SMILES string of the molecule is O=C(CCC(F)(F)F)NC(c1ccn2cc(C(NC(=O)c3ccnc(CC(F)(F)F)c3)C3CCC(F)(F)CC3)nc2n1)C1CC1. The van der Waals surface area contributed by atoms with Gasteiger partial charge in [-0.05, 0) is 55.7 Å². The molecule has 2 aliphatic rings. The van der Waals surface area contributed by atoms with Gasteiger partial charge in [0.1, 0.15) is 0 Å². The van der Waals surface area contributed by atoms with Crippen molar-refractivity contribution in [1.82, 2.24) is 30.0 Å². The highest BCUT2D eigenvalue weighted by Gasteiger charge is 2.40. The number of aromatic nitrogens is 4. The molecule has 0 spiro atoms. The largest absolute Gasteiger partial charge is 0.394 e. The summed E-state index contributed by atoms with van der Waals surface area (Å²) in [6, 6.07) is 2.34. The van der Waals surface area contributed by atoms with Crippen LogP contribution in [0.1, 0.15) is 90.9 Å². The Morgan fingerprint density at radius 2 is 1.56 bits per heavy atom. The molecule has 2 amide bonds. The lowest BCUT2D eigenvalue weighted by atomic mass is 9.81. The Labute approximate surface area is 252 Å². The zero-order valence-corrected chi connectivity index (χ0v) is 23.8. The molecule has 16 heteroatoms. The Balaban J connectivity index is 1.39. The highest BCUT2D eigenvalue weighted by atomic mass is 19.4. The van der Waals surface area contributed by atoms with Crippen molar-refractivity contribution in [1.29, 1.82) is 0 Å². The van der Waals surface area contributed by atoms with Gasteiger partial charge in [-0.1, -0.05) is 0 Å². The lowest BCUT2D eigenvalue weighted by Crippen LogP contribution is -2.37. The fourth-order valence-electron chi connectivity index (χ4n) is 5.57. The van der Waals surface area contributed by atoms with Gasteiger partial charge in [0.2, 0.25) is 17.6 Å². The molecule has 2 unspecified atom stereocenters. The predicted molar refractivity (Wildman–Crippen MR) is 143 cm³/mol. The van der Waals surface area contributed by atoms with Crippen molar-refractivity contribution in [3.05, 3.63) is 59.4 Å². The first-order chi connectivity index (χ1) is 21.1. The average Bonchev–Trinajstić information content (AvgIpc) is 3.70. The molecule has 2 fully saturated rings. The lowest BCUT2D eigenvalue weighted by molar-refractivity contribution is -0.144. The van der Waals surface area contributed by atoms with E-state index in [9.17, 15) is 44.7 Å². The van der Waals surface area contributed by atoms with Crippen molar-refractivity contribution in [2.45, 2.75) is 88.1 Å². The molecule has 0 aliphatic heterocycles. The van der Waals surface area contributed by atoms with Gasteiger partial charge in [0.05, 0.1) is 42.0 Å². The standard InChI is InChI=1S/C29H30F8N6O2/c30-27(31)8-3-17(4-9-27)24(42-25(45)18-6-11-38-19(13-18)14-29(35,36)37)21-15-43-12-7-20(39-26(43)40-21)23(16-1-2-16)41-22(44)5-10-28(32,33)34/h6-7,11-13,15-17,23-24H,1-5,8-10,14H2,(H,41,44)(H,42,45). The summed E-state index contributed by atoms with van der Waals surface area (Å²) in [6.45, 7) is 0. The van der Waals surface area contributed by atoms with Crippen molar-refractivity contribution in [2.24, 2.45) is 11.8 Å². The van der Waals surface area contributed by atoms with E-state index in [0.717, 1.165) is 25.1 Å². The number of pyridine rings is 1. The molecule has 0 bridgehead atoms. The molecule has 2 saturated carbocycles. The number of fused-ring (bicyclic) bond motifs is 1. The van der Waals surface area contributed by atoms with Crippen LogP contribution in [0.2, 0.25) is 0 Å². The molecule has 3 heterocycles. The molecule has 45 heavy (non-hydrogen) atoms. The van der Waals surface area contributed by atoms with Gasteiger partial charge in [0, 0.05) is 43.4 Å². The number of halogens is 8. The fourth-order valence-corrected chi connectivity index (χ4v) is 5.57. The van der Waals surface area contributed by atoms with Crippen molar-refractivity contribution < 1.29 is 44.7 Å². The molecule has 3 aromatic heterocycles.